The highest BCUT2D eigenvalue weighted by atomic mass is 14.0. The Morgan fingerprint density at radius 1 is 1.27 bits per heavy atom. The topological polar surface area (TPSA) is 0 Å². The van der Waals surface area contributed by atoms with E-state index in [0.717, 1.165) is 6.42 Å². The second-order valence-electron chi connectivity index (χ2n) is 2.63. The third-order valence-electron chi connectivity index (χ3n) is 1.72. The third-order valence-corrected chi connectivity index (χ3v) is 1.72. The molecule has 0 aliphatic rings. The molecule has 0 aliphatic heterocycles. The molecule has 1 aromatic carbocycles. The summed E-state index contributed by atoms with van der Waals surface area (Å²) in [4.78, 5) is 0. The van der Waals surface area contributed by atoms with Crippen LogP contribution in [0.1, 0.15) is 17.9 Å². The summed E-state index contributed by atoms with van der Waals surface area (Å²) >= 11 is 0. The van der Waals surface area contributed by atoms with E-state index < -0.39 is 0 Å². The van der Waals surface area contributed by atoms with Gasteiger partial charge in [0.15, 0.2) is 0 Å². The van der Waals surface area contributed by atoms with Crippen molar-refractivity contribution in [1.82, 2.24) is 0 Å². The van der Waals surface area contributed by atoms with Gasteiger partial charge in [-0.25, -0.2) is 0 Å². The van der Waals surface area contributed by atoms with Crippen LogP contribution < -0.4 is 0 Å². The van der Waals surface area contributed by atoms with Crippen LogP contribution in [0.3, 0.4) is 0 Å². The average Bonchev–Trinajstić information content (AvgIpc) is 2.07. The summed E-state index contributed by atoms with van der Waals surface area (Å²) in [5.41, 5.74) is 1.28. The lowest BCUT2D eigenvalue weighted by molar-refractivity contribution is 0.861. The standard InChI is InChI=1S/C11H13/c1-3-7-10(2)11-8-5-4-6-9-11/h3-6,8-10H,1-2,7H2. The van der Waals surface area contributed by atoms with Crippen LogP contribution >= 0.6 is 0 Å². The molecule has 0 amide bonds. The molecule has 0 aromatic heterocycles. The first-order chi connectivity index (χ1) is 5.34. The van der Waals surface area contributed by atoms with Gasteiger partial charge in [-0.15, -0.1) is 6.58 Å². The van der Waals surface area contributed by atoms with Gasteiger partial charge in [0.2, 0.25) is 0 Å². The van der Waals surface area contributed by atoms with Crippen molar-refractivity contribution in [2.45, 2.75) is 12.3 Å². The first-order valence-corrected chi connectivity index (χ1v) is 3.83. The highest BCUT2D eigenvalue weighted by Gasteiger charge is 2.00. The quantitative estimate of drug-likeness (QED) is 0.573. The Morgan fingerprint density at radius 2 is 1.91 bits per heavy atom. The van der Waals surface area contributed by atoms with Gasteiger partial charge >= 0.3 is 0 Å². The summed E-state index contributed by atoms with van der Waals surface area (Å²) < 4.78 is 0. The Balaban J connectivity index is 2.68. The van der Waals surface area contributed by atoms with Crippen LogP contribution in [0.2, 0.25) is 0 Å². The van der Waals surface area contributed by atoms with Gasteiger partial charge in [0, 0.05) is 0 Å². The molecule has 0 saturated carbocycles. The van der Waals surface area contributed by atoms with Crippen molar-refractivity contribution in [3.8, 4) is 0 Å². The molecule has 1 radical (unpaired) electrons. The zero-order chi connectivity index (χ0) is 8.10. The van der Waals surface area contributed by atoms with E-state index in [1.54, 1.807) is 0 Å². The number of hydrogen-bond acceptors (Lipinski definition) is 0. The van der Waals surface area contributed by atoms with Crippen molar-refractivity contribution in [1.29, 1.82) is 0 Å². The molecular weight excluding hydrogens is 132 g/mol. The van der Waals surface area contributed by atoms with E-state index in [0.29, 0.717) is 5.92 Å². The summed E-state index contributed by atoms with van der Waals surface area (Å²) in [5.74, 6) is 0.355. The van der Waals surface area contributed by atoms with Gasteiger partial charge in [-0.05, 0) is 24.8 Å². The maximum absolute atomic E-state index is 4.03. The first kappa shape index (κ1) is 8.06. The predicted molar refractivity (Wildman–Crippen MR) is 49.4 cm³/mol. The van der Waals surface area contributed by atoms with Crippen LogP contribution in [-0.2, 0) is 0 Å². The fraction of sp³-hybridized carbons (Fsp3) is 0.182. The third kappa shape index (κ3) is 2.23. The molecule has 0 bridgehead atoms. The second kappa shape index (κ2) is 3.97. The molecule has 0 spiro atoms. The lowest BCUT2D eigenvalue weighted by Crippen LogP contribution is -1.90. The van der Waals surface area contributed by atoms with Crippen LogP contribution in [0.25, 0.3) is 0 Å². The second-order valence-corrected chi connectivity index (χ2v) is 2.63. The molecule has 0 heterocycles. The van der Waals surface area contributed by atoms with Crippen LogP contribution in [0.4, 0.5) is 0 Å². The average molecular weight is 145 g/mol. The number of benzene rings is 1. The summed E-state index contributed by atoms with van der Waals surface area (Å²) in [6, 6.07) is 10.3. The molecule has 0 heteroatoms. The van der Waals surface area contributed by atoms with Gasteiger partial charge in [0.05, 0.1) is 0 Å². The van der Waals surface area contributed by atoms with Crippen molar-refractivity contribution < 1.29 is 0 Å². The Bertz CT molecular complexity index is 211. The van der Waals surface area contributed by atoms with E-state index in [1.165, 1.54) is 5.56 Å². The summed E-state index contributed by atoms with van der Waals surface area (Å²) in [6.45, 7) is 7.71. The van der Waals surface area contributed by atoms with Gasteiger partial charge in [-0.3, -0.25) is 0 Å². The number of hydrogen-bond donors (Lipinski definition) is 0. The van der Waals surface area contributed by atoms with E-state index in [2.05, 4.69) is 25.6 Å². The largest absolute Gasteiger partial charge is 0.103 e. The lowest BCUT2D eigenvalue weighted by atomic mass is 9.98. The normalized spacial score (nSPS) is 12.5. The molecule has 1 aromatic rings. The Hall–Kier alpha value is -1.04. The van der Waals surface area contributed by atoms with Crippen molar-refractivity contribution in [2.24, 2.45) is 0 Å². The van der Waals surface area contributed by atoms with Gasteiger partial charge in [-0.1, -0.05) is 36.4 Å². The Labute approximate surface area is 68.6 Å². The van der Waals surface area contributed by atoms with Gasteiger partial charge in [-0.2, -0.15) is 0 Å². The van der Waals surface area contributed by atoms with E-state index in [4.69, 9.17) is 0 Å². The van der Waals surface area contributed by atoms with E-state index in [9.17, 15) is 0 Å². The van der Waals surface area contributed by atoms with Gasteiger partial charge in [0.25, 0.3) is 0 Å². The molecule has 1 unspecified atom stereocenters. The van der Waals surface area contributed by atoms with Gasteiger partial charge in [0.1, 0.15) is 0 Å². The smallest absolute Gasteiger partial charge is 0.0127 e. The molecule has 0 N–H and O–H groups in total. The molecule has 0 fully saturated rings. The molecule has 0 saturated heterocycles. The minimum atomic E-state index is 0.355. The molecule has 57 valence electrons. The van der Waals surface area contributed by atoms with Gasteiger partial charge < -0.3 is 0 Å². The van der Waals surface area contributed by atoms with Crippen LogP contribution in [0.15, 0.2) is 43.0 Å². The van der Waals surface area contributed by atoms with Crippen molar-refractivity contribution in [3.63, 3.8) is 0 Å². The molecule has 0 nitrogen and oxygen atoms in total. The minimum Gasteiger partial charge on any atom is -0.103 e. The highest BCUT2D eigenvalue weighted by Crippen LogP contribution is 2.17. The SMILES string of the molecule is [CH2]C(CC=C)c1ccccc1. The zero-order valence-electron chi connectivity index (χ0n) is 6.66. The minimum absolute atomic E-state index is 0.355. The summed E-state index contributed by atoms with van der Waals surface area (Å²) in [7, 11) is 0. The molecular formula is C11H13. The van der Waals surface area contributed by atoms with Crippen molar-refractivity contribution >= 4 is 0 Å². The highest BCUT2D eigenvalue weighted by molar-refractivity contribution is 5.20. The van der Waals surface area contributed by atoms with Crippen LogP contribution in [-0.4, -0.2) is 0 Å². The van der Waals surface area contributed by atoms with E-state index in [-0.39, 0.29) is 0 Å². The molecule has 11 heavy (non-hydrogen) atoms. The fourth-order valence-corrected chi connectivity index (χ4v) is 1.06. The summed E-state index contributed by atoms with van der Waals surface area (Å²) in [5, 5.41) is 0. The maximum Gasteiger partial charge on any atom is -0.0127 e. The molecule has 1 atom stereocenters. The fourth-order valence-electron chi connectivity index (χ4n) is 1.06. The van der Waals surface area contributed by atoms with Crippen LogP contribution in [0.5, 0.6) is 0 Å². The van der Waals surface area contributed by atoms with Crippen LogP contribution in [0, 0.1) is 6.92 Å². The number of allylic oxidation sites excluding steroid dienone is 1. The summed E-state index contributed by atoms with van der Waals surface area (Å²) in [6.07, 6.45) is 2.86. The monoisotopic (exact) mass is 145 g/mol. The lowest BCUT2D eigenvalue weighted by Gasteiger charge is -2.07. The van der Waals surface area contributed by atoms with E-state index >= 15 is 0 Å². The predicted octanol–water partition coefficient (Wildman–Crippen LogP) is 3.18. The molecule has 0 aliphatic carbocycles. The number of rotatable bonds is 3. The first-order valence-electron chi connectivity index (χ1n) is 3.83. The Morgan fingerprint density at radius 3 is 2.45 bits per heavy atom. The van der Waals surface area contributed by atoms with E-state index in [1.807, 2.05) is 24.3 Å². The van der Waals surface area contributed by atoms with Crippen molar-refractivity contribution in [3.05, 3.63) is 55.5 Å². The maximum atomic E-state index is 4.03. The Kier molecular flexibility index (Phi) is 2.91. The van der Waals surface area contributed by atoms with Crippen molar-refractivity contribution in [2.75, 3.05) is 0 Å². The zero-order valence-corrected chi connectivity index (χ0v) is 6.66. The molecule has 1 rings (SSSR count).